The zero-order valence-electron chi connectivity index (χ0n) is 9.65. The molecule has 0 aromatic carbocycles. The average Bonchev–Trinajstić information content (AvgIpc) is 2.62. The van der Waals surface area contributed by atoms with Gasteiger partial charge < -0.3 is 5.32 Å². The molecule has 0 bridgehead atoms. The Morgan fingerprint density at radius 1 is 1.14 bits per heavy atom. The van der Waals surface area contributed by atoms with Gasteiger partial charge in [-0.25, -0.2) is 0 Å². The summed E-state index contributed by atoms with van der Waals surface area (Å²) in [5, 5.41) is 3.81. The van der Waals surface area contributed by atoms with Crippen molar-refractivity contribution in [3.05, 3.63) is 0 Å². The van der Waals surface area contributed by atoms with E-state index in [9.17, 15) is 0 Å². The molecule has 0 radical (unpaired) electrons. The number of nitrogens with one attached hydrogen (secondary N) is 1. The predicted octanol–water partition coefficient (Wildman–Crippen LogP) is 3.49. The van der Waals surface area contributed by atoms with Crippen molar-refractivity contribution >= 4 is 0 Å². The maximum absolute atomic E-state index is 3.81. The average molecular weight is 195 g/mol. The number of rotatable bonds is 5. The summed E-state index contributed by atoms with van der Waals surface area (Å²) in [5.41, 5.74) is 0.720. The van der Waals surface area contributed by atoms with Crippen molar-refractivity contribution in [1.29, 1.82) is 0 Å². The van der Waals surface area contributed by atoms with E-state index in [1.807, 2.05) is 0 Å². The highest BCUT2D eigenvalue weighted by Gasteiger charge is 2.36. The van der Waals surface area contributed by atoms with E-state index in [1.54, 1.807) is 0 Å². The van der Waals surface area contributed by atoms with Crippen molar-refractivity contribution in [2.45, 2.75) is 70.8 Å². The fraction of sp³-hybridized carbons (Fsp3) is 1.00. The molecular formula is C13H25N. The lowest BCUT2D eigenvalue weighted by Crippen LogP contribution is -2.42. The SMILES string of the molecule is CCCC1(CNC2CCCC2)CCC1. The van der Waals surface area contributed by atoms with Crippen LogP contribution in [0, 0.1) is 5.41 Å². The molecule has 0 heterocycles. The second kappa shape index (κ2) is 4.65. The standard InChI is InChI=1S/C13H25N/c1-2-8-13(9-5-10-13)11-14-12-6-3-4-7-12/h12,14H,2-11H2,1H3. The molecule has 2 aliphatic carbocycles. The Morgan fingerprint density at radius 2 is 1.86 bits per heavy atom. The third-order valence-corrected chi connectivity index (χ3v) is 4.32. The third kappa shape index (κ3) is 2.31. The molecule has 1 heteroatoms. The maximum atomic E-state index is 3.81. The fourth-order valence-corrected chi connectivity index (χ4v) is 3.21. The molecule has 0 amide bonds. The first-order valence-corrected chi connectivity index (χ1v) is 6.58. The Labute approximate surface area is 88.7 Å². The first-order valence-electron chi connectivity index (χ1n) is 6.58. The van der Waals surface area contributed by atoms with E-state index in [2.05, 4.69) is 12.2 Å². The molecule has 2 saturated carbocycles. The summed E-state index contributed by atoms with van der Waals surface area (Å²) in [6, 6.07) is 0.865. The predicted molar refractivity (Wildman–Crippen MR) is 61.5 cm³/mol. The molecule has 0 spiro atoms. The lowest BCUT2D eigenvalue weighted by molar-refractivity contribution is 0.111. The molecule has 2 fully saturated rings. The van der Waals surface area contributed by atoms with Crippen LogP contribution in [-0.4, -0.2) is 12.6 Å². The van der Waals surface area contributed by atoms with Gasteiger partial charge in [-0.05, 0) is 37.5 Å². The third-order valence-electron chi connectivity index (χ3n) is 4.32. The lowest BCUT2D eigenvalue weighted by Gasteiger charge is -2.43. The first kappa shape index (κ1) is 10.5. The fourth-order valence-electron chi connectivity index (χ4n) is 3.21. The lowest BCUT2D eigenvalue weighted by atomic mass is 9.66. The summed E-state index contributed by atoms with van der Waals surface area (Å²) in [7, 11) is 0. The van der Waals surface area contributed by atoms with E-state index in [4.69, 9.17) is 0 Å². The van der Waals surface area contributed by atoms with E-state index in [0.29, 0.717) is 0 Å². The van der Waals surface area contributed by atoms with Gasteiger partial charge in [0.25, 0.3) is 0 Å². The minimum absolute atomic E-state index is 0.720. The Kier molecular flexibility index (Phi) is 3.48. The largest absolute Gasteiger partial charge is 0.313 e. The zero-order chi connectivity index (χ0) is 9.86. The molecule has 14 heavy (non-hydrogen) atoms. The zero-order valence-corrected chi connectivity index (χ0v) is 9.65. The summed E-state index contributed by atoms with van der Waals surface area (Å²) in [6.07, 6.45) is 13.0. The van der Waals surface area contributed by atoms with E-state index in [-0.39, 0.29) is 0 Å². The van der Waals surface area contributed by atoms with Gasteiger partial charge in [0.15, 0.2) is 0 Å². The summed E-state index contributed by atoms with van der Waals surface area (Å²) in [6.45, 7) is 3.64. The summed E-state index contributed by atoms with van der Waals surface area (Å²) in [5.74, 6) is 0. The van der Waals surface area contributed by atoms with E-state index >= 15 is 0 Å². The second-order valence-corrected chi connectivity index (χ2v) is 5.47. The van der Waals surface area contributed by atoms with Crippen LogP contribution < -0.4 is 5.32 Å². The van der Waals surface area contributed by atoms with Crippen LogP contribution in [0.1, 0.15) is 64.7 Å². The molecule has 0 aromatic rings. The Balaban J connectivity index is 1.71. The molecule has 0 aromatic heterocycles. The Hall–Kier alpha value is -0.0400. The molecule has 0 saturated heterocycles. The highest BCUT2D eigenvalue weighted by Crippen LogP contribution is 2.44. The summed E-state index contributed by atoms with van der Waals surface area (Å²) < 4.78 is 0. The molecule has 2 rings (SSSR count). The van der Waals surface area contributed by atoms with Gasteiger partial charge in [-0.2, -0.15) is 0 Å². The van der Waals surface area contributed by atoms with Gasteiger partial charge in [0.2, 0.25) is 0 Å². The van der Waals surface area contributed by atoms with Crippen molar-refractivity contribution < 1.29 is 0 Å². The summed E-state index contributed by atoms with van der Waals surface area (Å²) >= 11 is 0. The molecule has 82 valence electrons. The van der Waals surface area contributed by atoms with Crippen molar-refractivity contribution in [2.75, 3.05) is 6.54 Å². The van der Waals surface area contributed by atoms with Crippen molar-refractivity contribution in [2.24, 2.45) is 5.41 Å². The second-order valence-electron chi connectivity index (χ2n) is 5.47. The number of hydrogen-bond donors (Lipinski definition) is 1. The van der Waals surface area contributed by atoms with Gasteiger partial charge >= 0.3 is 0 Å². The first-order chi connectivity index (χ1) is 6.85. The highest BCUT2D eigenvalue weighted by molar-refractivity contribution is 4.90. The van der Waals surface area contributed by atoms with Crippen molar-refractivity contribution in [1.82, 2.24) is 5.32 Å². The smallest absolute Gasteiger partial charge is 0.00672 e. The van der Waals surface area contributed by atoms with Gasteiger partial charge in [0.1, 0.15) is 0 Å². The van der Waals surface area contributed by atoms with Crippen molar-refractivity contribution in [3.63, 3.8) is 0 Å². The Bertz CT molecular complexity index is 166. The minimum atomic E-state index is 0.720. The topological polar surface area (TPSA) is 12.0 Å². The van der Waals surface area contributed by atoms with E-state index < -0.39 is 0 Å². The Morgan fingerprint density at radius 3 is 2.36 bits per heavy atom. The molecule has 0 unspecified atom stereocenters. The van der Waals surface area contributed by atoms with Gasteiger partial charge in [-0.15, -0.1) is 0 Å². The minimum Gasteiger partial charge on any atom is -0.313 e. The van der Waals surface area contributed by atoms with Crippen LogP contribution in [0.3, 0.4) is 0 Å². The quantitative estimate of drug-likeness (QED) is 0.708. The van der Waals surface area contributed by atoms with Crippen molar-refractivity contribution in [3.8, 4) is 0 Å². The molecule has 1 N–H and O–H groups in total. The van der Waals surface area contributed by atoms with E-state index in [0.717, 1.165) is 11.5 Å². The molecule has 1 nitrogen and oxygen atoms in total. The van der Waals surface area contributed by atoms with Gasteiger partial charge in [-0.1, -0.05) is 32.6 Å². The van der Waals surface area contributed by atoms with E-state index in [1.165, 1.54) is 64.3 Å². The highest BCUT2D eigenvalue weighted by atomic mass is 14.9. The van der Waals surface area contributed by atoms with Gasteiger partial charge in [0.05, 0.1) is 0 Å². The van der Waals surface area contributed by atoms with Crippen LogP contribution in [0.15, 0.2) is 0 Å². The van der Waals surface area contributed by atoms with Gasteiger partial charge in [-0.3, -0.25) is 0 Å². The van der Waals surface area contributed by atoms with Gasteiger partial charge in [0, 0.05) is 12.6 Å². The van der Waals surface area contributed by atoms with Crippen LogP contribution in [0.25, 0.3) is 0 Å². The van der Waals surface area contributed by atoms with Crippen LogP contribution in [-0.2, 0) is 0 Å². The molecular weight excluding hydrogens is 170 g/mol. The summed E-state index contributed by atoms with van der Waals surface area (Å²) in [4.78, 5) is 0. The van der Waals surface area contributed by atoms with Crippen LogP contribution in [0.2, 0.25) is 0 Å². The monoisotopic (exact) mass is 195 g/mol. The number of hydrogen-bond acceptors (Lipinski definition) is 1. The van der Waals surface area contributed by atoms with Crippen LogP contribution in [0.5, 0.6) is 0 Å². The normalized spacial score (nSPS) is 26.4. The molecule has 0 aliphatic heterocycles. The molecule has 0 atom stereocenters. The van der Waals surface area contributed by atoms with Crippen LogP contribution in [0.4, 0.5) is 0 Å². The van der Waals surface area contributed by atoms with Crippen LogP contribution >= 0.6 is 0 Å². The maximum Gasteiger partial charge on any atom is 0.00672 e. The molecule has 2 aliphatic rings.